The third-order valence-electron chi connectivity index (χ3n) is 3.92. The van der Waals surface area contributed by atoms with Crippen molar-refractivity contribution in [2.75, 3.05) is 12.4 Å². The van der Waals surface area contributed by atoms with Gasteiger partial charge in [0.25, 0.3) is 5.91 Å². The van der Waals surface area contributed by atoms with Crippen molar-refractivity contribution in [3.8, 4) is 22.9 Å². The van der Waals surface area contributed by atoms with Crippen molar-refractivity contribution >= 4 is 23.2 Å². The number of benzene rings is 3. The fourth-order valence-corrected chi connectivity index (χ4v) is 2.93. The lowest BCUT2D eigenvalue weighted by molar-refractivity contribution is 0.102. The molecule has 0 aliphatic rings. The first-order valence-corrected chi connectivity index (χ1v) is 8.25. The average Bonchev–Trinajstić information content (AvgIpc) is 2.68. The molecule has 0 radical (unpaired) electrons. The van der Waals surface area contributed by atoms with Crippen molar-refractivity contribution < 1.29 is 9.53 Å². The molecule has 26 heavy (non-hydrogen) atoms. The van der Waals surface area contributed by atoms with Crippen molar-refractivity contribution in [2.24, 2.45) is 0 Å². The van der Waals surface area contributed by atoms with E-state index in [1.54, 1.807) is 42.5 Å². The summed E-state index contributed by atoms with van der Waals surface area (Å²) in [5.74, 6) is 0.252. The molecule has 0 aliphatic carbocycles. The fourth-order valence-electron chi connectivity index (χ4n) is 2.67. The van der Waals surface area contributed by atoms with Crippen LogP contribution in [0.2, 0.25) is 5.02 Å². The molecule has 3 aromatic rings. The summed E-state index contributed by atoms with van der Waals surface area (Å²) in [5, 5.41) is 12.6. The number of halogens is 1. The maximum atomic E-state index is 12.8. The van der Waals surface area contributed by atoms with Crippen LogP contribution in [0.4, 0.5) is 5.69 Å². The smallest absolute Gasteiger partial charge is 0.256 e. The number of methoxy groups -OCH3 is 1. The Morgan fingerprint density at radius 3 is 2.42 bits per heavy atom. The Kier molecular flexibility index (Phi) is 5.21. The normalized spacial score (nSPS) is 10.0. The van der Waals surface area contributed by atoms with Gasteiger partial charge in [0.2, 0.25) is 0 Å². The molecule has 5 heteroatoms. The highest BCUT2D eigenvalue weighted by Crippen LogP contribution is 2.29. The van der Waals surface area contributed by atoms with Gasteiger partial charge in [0, 0.05) is 16.8 Å². The maximum Gasteiger partial charge on any atom is 0.256 e. The number of amides is 1. The second-order valence-electron chi connectivity index (χ2n) is 5.51. The van der Waals surface area contributed by atoms with E-state index in [4.69, 9.17) is 16.3 Å². The van der Waals surface area contributed by atoms with Crippen LogP contribution in [0.15, 0.2) is 66.7 Å². The second kappa shape index (κ2) is 7.73. The highest BCUT2D eigenvalue weighted by atomic mass is 35.5. The summed E-state index contributed by atoms with van der Waals surface area (Å²) in [6, 6.07) is 21.6. The van der Waals surface area contributed by atoms with Gasteiger partial charge in [-0.3, -0.25) is 4.79 Å². The number of carbonyl (C=O) groups is 1. The number of hydrogen-bond acceptors (Lipinski definition) is 3. The average molecular weight is 363 g/mol. The Labute approximate surface area is 156 Å². The lowest BCUT2D eigenvalue weighted by Crippen LogP contribution is -2.13. The van der Waals surface area contributed by atoms with Crippen LogP contribution in [0.1, 0.15) is 15.9 Å². The number of nitrogens with zero attached hydrogens (tertiary/aromatic N) is 1. The summed E-state index contributed by atoms with van der Waals surface area (Å²) in [6.07, 6.45) is 0. The molecule has 0 spiro atoms. The lowest BCUT2D eigenvalue weighted by atomic mass is 9.95. The van der Waals surface area contributed by atoms with E-state index in [0.717, 1.165) is 0 Å². The first-order chi connectivity index (χ1) is 12.6. The topological polar surface area (TPSA) is 62.1 Å². The summed E-state index contributed by atoms with van der Waals surface area (Å²) in [5.41, 5.74) is 2.96. The first kappa shape index (κ1) is 17.5. The Morgan fingerprint density at radius 2 is 1.73 bits per heavy atom. The molecular weight excluding hydrogens is 348 g/mol. The molecule has 0 heterocycles. The number of ether oxygens (including phenoxy) is 1. The Bertz CT molecular complexity index is 1010. The van der Waals surface area contributed by atoms with Crippen LogP contribution < -0.4 is 10.1 Å². The number of nitriles is 1. The zero-order valence-corrected chi connectivity index (χ0v) is 14.7. The van der Waals surface area contributed by atoms with Gasteiger partial charge >= 0.3 is 0 Å². The molecule has 0 fully saturated rings. The quantitative estimate of drug-likeness (QED) is 0.699. The van der Waals surface area contributed by atoms with Crippen LogP contribution >= 0.6 is 11.6 Å². The van der Waals surface area contributed by atoms with Crippen LogP contribution in [0, 0.1) is 11.3 Å². The van der Waals surface area contributed by atoms with E-state index < -0.39 is 0 Å². The largest absolute Gasteiger partial charge is 0.495 e. The molecule has 0 aliphatic heterocycles. The van der Waals surface area contributed by atoms with Crippen molar-refractivity contribution in [2.45, 2.75) is 0 Å². The van der Waals surface area contributed by atoms with Gasteiger partial charge in [-0.15, -0.1) is 0 Å². The van der Waals surface area contributed by atoms with Crippen LogP contribution in [0.5, 0.6) is 5.75 Å². The molecule has 1 N–H and O–H groups in total. The number of hydrogen-bond donors (Lipinski definition) is 1. The summed E-state index contributed by atoms with van der Waals surface area (Å²) >= 11 is 6.11. The van der Waals surface area contributed by atoms with Crippen LogP contribution in [-0.2, 0) is 0 Å². The van der Waals surface area contributed by atoms with E-state index in [-0.39, 0.29) is 5.91 Å². The monoisotopic (exact) mass is 362 g/mol. The summed E-state index contributed by atoms with van der Waals surface area (Å²) in [6.45, 7) is 0. The third kappa shape index (κ3) is 3.53. The molecule has 0 unspecified atom stereocenters. The highest BCUT2D eigenvalue weighted by molar-refractivity contribution is 6.32. The van der Waals surface area contributed by atoms with Crippen molar-refractivity contribution in [3.63, 3.8) is 0 Å². The van der Waals surface area contributed by atoms with Crippen LogP contribution in [0.25, 0.3) is 11.1 Å². The first-order valence-electron chi connectivity index (χ1n) is 7.87. The molecule has 1 amide bonds. The van der Waals surface area contributed by atoms with E-state index in [2.05, 4.69) is 11.4 Å². The molecule has 0 saturated heterocycles. The molecule has 0 bridgehead atoms. The maximum absolute atomic E-state index is 12.8. The van der Waals surface area contributed by atoms with Gasteiger partial charge in [-0.25, -0.2) is 0 Å². The van der Waals surface area contributed by atoms with Crippen LogP contribution in [-0.4, -0.2) is 13.0 Å². The molecule has 0 saturated carbocycles. The predicted molar refractivity (Wildman–Crippen MR) is 103 cm³/mol. The molecule has 3 rings (SSSR count). The lowest BCUT2D eigenvalue weighted by Gasteiger charge is -2.12. The summed E-state index contributed by atoms with van der Waals surface area (Å²) < 4.78 is 5.12. The zero-order valence-electron chi connectivity index (χ0n) is 14.0. The zero-order chi connectivity index (χ0) is 18.5. The number of carbonyl (C=O) groups excluding carboxylic acids is 1. The molecule has 4 nitrogen and oxygen atoms in total. The predicted octanol–water partition coefficient (Wildman–Crippen LogP) is 5.14. The number of rotatable bonds is 4. The van der Waals surface area contributed by atoms with E-state index in [1.807, 2.05) is 24.3 Å². The van der Waals surface area contributed by atoms with Crippen molar-refractivity contribution in [3.05, 3.63) is 82.9 Å². The minimum atomic E-state index is -0.283. The van der Waals surface area contributed by atoms with Gasteiger partial charge in [0.1, 0.15) is 5.75 Å². The standard InChI is InChI=1S/C21H15ClN2O2/c1-26-20-11-10-15(12-19(20)22)24-21(25)18-9-5-4-8-17(18)16-7-3-2-6-14(16)13-23/h2-12H,1H3,(H,24,25). The van der Waals surface area contributed by atoms with Gasteiger partial charge in [-0.1, -0.05) is 48.0 Å². The van der Waals surface area contributed by atoms with Crippen LogP contribution in [0.3, 0.4) is 0 Å². The fraction of sp³-hybridized carbons (Fsp3) is 0.0476. The SMILES string of the molecule is COc1ccc(NC(=O)c2ccccc2-c2ccccc2C#N)cc1Cl. The number of anilines is 1. The van der Waals surface area contributed by atoms with E-state index in [9.17, 15) is 10.1 Å². The van der Waals surface area contributed by atoms with E-state index >= 15 is 0 Å². The highest BCUT2D eigenvalue weighted by Gasteiger charge is 2.15. The Hall–Kier alpha value is -3.29. The van der Waals surface area contributed by atoms with Crippen molar-refractivity contribution in [1.29, 1.82) is 5.26 Å². The van der Waals surface area contributed by atoms with Gasteiger partial charge in [0.15, 0.2) is 0 Å². The Morgan fingerprint density at radius 1 is 1.04 bits per heavy atom. The van der Waals surface area contributed by atoms with E-state index in [0.29, 0.717) is 38.7 Å². The molecule has 3 aromatic carbocycles. The summed E-state index contributed by atoms with van der Waals surface area (Å²) in [4.78, 5) is 12.8. The van der Waals surface area contributed by atoms with Gasteiger partial charge in [-0.2, -0.15) is 5.26 Å². The van der Waals surface area contributed by atoms with Crippen molar-refractivity contribution in [1.82, 2.24) is 0 Å². The van der Waals surface area contributed by atoms with Gasteiger partial charge in [-0.05, 0) is 35.9 Å². The third-order valence-corrected chi connectivity index (χ3v) is 4.21. The minimum Gasteiger partial charge on any atom is -0.495 e. The molecule has 128 valence electrons. The molecule has 0 atom stereocenters. The molecular formula is C21H15ClN2O2. The second-order valence-corrected chi connectivity index (χ2v) is 5.91. The molecule has 0 aromatic heterocycles. The minimum absolute atomic E-state index is 0.283. The Balaban J connectivity index is 1.96. The number of nitrogens with one attached hydrogen (secondary N) is 1. The van der Waals surface area contributed by atoms with E-state index in [1.165, 1.54) is 7.11 Å². The van der Waals surface area contributed by atoms with Gasteiger partial charge < -0.3 is 10.1 Å². The van der Waals surface area contributed by atoms with Gasteiger partial charge in [0.05, 0.1) is 23.8 Å². The summed E-state index contributed by atoms with van der Waals surface area (Å²) in [7, 11) is 1.53.